The second-order valence-electron chi connectivity index (χ2n) is 5.69. The van der Waals surface area contributed by atoms with E-state index in [0.29, 0.717) is 6.04 Å². The van der Waals surface area contributed by atoms with Crippen LogP contribution in [-0.2, 0) is 0 Å². The largest absolute Gasteiger partial charge is 0.356 e. The number of hydrogen-bond acceptors (Lipinski definition) is 2. The predicted molar refractivity (Wildman–Crippen MR) is 83.8 cm³/mol. The van der Waals surface area contributed by atoms with E-state index in [2.05, 4.69) is 41.3 Å². The molecule has 1 aliphatic heterocycles. The van der Waals surface area contributed by atoms with Gasteiger partial charge in [-0.2, -0.15) is 0 Å². The second kappa shape index (κ2) is 9.18. The predicted octanol–water partition coefficient (Wildman–Crippen LogP) is 2.21. The average Bonchev–Trinajstić information content (AvgIpc) is 2.43. The molecule has 1 aliphatic rings. The fourth-order valence-electron chi connectivity index (χ4n) is 2.51. The third-order valence-electron chi connectivity index (χ3n) is 4.07. The van der Waals surface area contributed by atoms with Gasteiger partial charge in [-0.05, 0) is 46.1 Å². The van der Waals surface area contributed by atoms with E-state index in [9.17, 15) is 0 Å². The van der Waals surface area contributed by atoms with Gasteiger partial charge in [-0.1, -0.05) is 13.3 Å². The van der Waals surface area contributed by atoms with Crippen molar-refractivity contribution in [1.29, 1.82) is 0 Å². The summed E-state index contributed by atoms with van der Waals surface area (Å²) in [4.78, 5) is 6.88. The highest BCUT2D eigenvalue weighted by molar-refractivity contribution is 5.79. The van der Waals surface area contributed by atoms with Crippen LogP contribution in [0.2, 0.25) is 0 Å². The summed E-state index contributed by atoms with van der Waals surface area (Å²) in [5.74, 6) is 0.932. The van der Waals surface area contributed by atoms with E-state index in [1.54, 1.807) is 0 Å². The molecule has 0 aromatic carbocycles. The number of guanidine groups is 1. The first-order chi connectivity index (χ1) is 9.17. The molecule has 2 unspecified atom stereocenters. The van der Waals surface area contributed by atoms with Crippen molar-refractivity contribution in [3.8, 4) is 0 Å². The minimum absolute atomic E-state index is 0.480. The van der Waals surface area contributed by atoms with Crippen molar-refractivity contribution >= 4 is 5.96 Å². The van der Waals surface area contributed by atoms with E-state index in [0.717, 1.165) is 25.0 Å². The second-order valence-corrected chi connectivity index (χ2v) is 5.69. The molecule has 0 saturated carbocycles. The lowest BCUT2D eigenvalue weighted by Gasteiger charge is -2.33. The number of nitrogens with one attached hydrogen (secondary N) is 2. The van der Waals surface area contributed by atoms with Gasteiger partial charge in [0.25, 0.3) is 0 Å². The number of nitrogens with zero attached hydrogens (tertiary/aromatic N) is 2. The Kier molecular flexibility index (Phi) is 7.87. The molecule has 19 heavy (non-hydrogen) atoms. The molecule has 4 nitrogen and oxygen atoms in total. The Hall–Kier alpha value is -0.770. The molecule has 0 amide bonds. The van der Waals surface area contributed by atoms with Crippen LogP contribution in [0.5, 0.6) is 0 Å². The fraction of sp³-hybridized carbons (Fsp3) is 0.933. The number of hydrogen-bond donors (Lipinski definition) is 2. The average molecular weight is 268 g/mol. The van der Waals surface area contributed by atoms with Crippen LogP contribution in [0.4, 0.5) is 0 Å². The van der Waals surface area contributed by atoms with Crippen LogP contribution < -0.4 is 10.6 Å². The monoisotopic (exact) mass is 268 g/mol. The molecule has 2 N–H and O–H groups in total. The summed E-state index contributed by atoms with van der Waals surface area (Å²) in [6.45, 7) is 10.2. The topological polar surface area (TPSA) is 39.7 Å². The standard InChI is InChI=1S/C15H32N4/c1-5-13(2)18-15(16-4)17-10-8-12-19-11-7-6-9-14(19)3/h13-14H,5-12H2,1-4H3,(H2,16,17,18). The van der Waals surface area contributed by atoms with E-state index in [1.807, 2.05) is 7.05 Å². The lowest BCUT2D eigenvalue weighted by molar-refractivity contribution is 0.159. The van der Waals surface area contributed by atoms with Gasteiger partial charge in [0.05, 0.1) is 0 Å². The maximum Gasteiger partial charge on any atom is 0.191 e. The van der Waals surface area contributed by atoms with Gasteiger partial charge in [0, 0.05) is 32.2 Å². The Morgan fingerprint density at radius 2 is 2.21 bits per heavy atom. The van der Waals surface area contributed by atoms with E-state index in [-0.39, 0.29) is 0 Å². The molecule has 0 aromatic heterocycles. The molecule has 1 saturated heterocycles. The highest BCUT2D eigenvalue weighted by Gasteiger charge is 2.17. The lowest BCUT2D eigenvalue weighted by atomic mass is 10.0. The number of piperidine rings is 1. The molecule has 4 heteroatoms. The van der Waals surface area contributed by atoms with Gasteiger partial charge >= 0.3 is 0 Å². The van der Waals surface area contributed by atoms with E-state index in [1.165, 1.54) is 38.8 Å². The summed E-state index contributed by atoms with van der Waals surface area (Å²) in [5.41, 5.74) is 0. The summed E-state index contributed by atoms with van der Waals surface area (Å²) in [6, 6.07) is 1.25. The van der Waals surface area contributed by atoms with Gasteiger partial charge in [-0.3, -0.25) is 4.99 Å². The van der Waals surface area contributed by atoms with Crippen molar-refractivity contribution in [2.24, 2.45) is 4.99 Å². The van der Waals surface area contributed by atoms with Gasteiger partial charge in [-0.15, -0.1) is 0 Å². The van der Waals surface area contributed by atoms with Crippen LogP contribution >= 0.6 is 0 Å². The molecule has 0 bridgehead atoms. The maximum atomic E-state index is 4.26. The minimum Gasteiger partial charge on any atom is -0.356 e. The van der Waals surface area contributed by atoms with Crippen LogP contribution in [0.3, 0.4) is 0 Å². The first-order valence-corrected chi connectivity index (χ1v) is 7.88. The zero-order chi connectivity index (χ0) is 14.1. The molecular formula is C15H32N4. The molecule has 0 radical (unpaired) electrons. The molecule has 112 valence electrons. The van der Waals surface area contributed by atoms with Crippen LogP contribution in [-0.4, -0.2) is 49.6 Å². The highest BCUT2D eigenvalue weighted by atomic mass is 15.2. The van der Waals surface area contributed by atoms with Gasteiger partial charge < -0.3 is 15.5 Å². The third-order valence-corrected chi connectivity index (χ3v) is 4.07. The van der Waals surface area contributed by atoms with Crippen LogP contribution in [0.15, 0.2) is 4.99 Å². The summed E-state index contributed by atoms with van der Waals surface area (Å²) in [7, 11) is 1.84. The SMILES string of the molecule is CCC(C)NC(=NC)NCCCN1CCCCC1C. The van der Waals surface area contributed by atoms with Gasteiger partial charge in [0.2, 0.25) is 0 Å². The zero-order valence-corrected chi connectivity index (χ0v) is 13.2. The van der Waals surface area contributed by atoms with Gasteiger partial charge in [-0.25, -0.2) is 0 Å². The first-order valence-electron chi connectivity index (χ1n) is 7.88. The number of likely N-dealkylation sites (tertiary alicyclic amines) is 1. The molecule has 0 spiro atoms. The highest BCUT2D eigenvalue weighted by Crippen LogP contribution is 2.15. The molecular weight excluding hydrogens is 236 g/mol. The van der Waals surface area contributed by atoms with Gasteiger partial charge in [0.15, 0.2) is 5.96 Å². The zero-order valence-electron chi connectivity index (χ0n) is 13.2. The molecule has 1 heterocycles. The lowest BCUT2D eigenvalue weighted by Crippen LogP contribution is -2.43. The fourth-order valence-corrected chi connectivity index (χ4v) is 2.51. The first kappa shape index (κ1) is 16.3. The smallest absolute Gasteiger partial charge is 0.191 e. The van der Waals surface area contributed by atoms with Crippen LogP contribution in [0, 0.1) is 0 Å². The molecule has 0 aliphatic carbocycles. The van der Waals surface area contributed by atoms with Crippen LogP contribution in [0.25, 0.3) is 0 Å². The van der Waals surface area contributed by atoms with E-state index >= 15 is 0 Å². The van der Waals surface area contributed by atoms with Crippen molar-refractivity contribution in [2.45, 2.75) is 65.0 Å². The van der Waals surface area contributed by atoms with Crippen molar-refractivity contribution in [3.63, 3.8) is 0 Å². The summed E-state index contributed by atoms with van der Waals surface area (Å²) < 4.78 is 0. The summed E-state index contributed by atoms with van der Waals surface area (Å²) >= 11 is 0. The third kappa shape index (κ3) is 6.28. The minimum atomic E-state index is 0.480. The van der Waals surface area contributed by atoms with Gasteiger partial charge in [0.1, 0.15) is 0 Å². The Balaban J connectivity index is 2.15. The van der Waals surface area contributed by atoms with Crippen LogP contribution in [0.1, 0.15) is 52.9 Å². The molecule has 1 fully saturated rings. The number of rotatable bonds is 6. The van der Waals surface area contributed by atoms with Crippen molar-refractivity contribution in [2.75, 3.05) is 26.7 Å². The number of aliphatic imine (C=N–C) groups is 1. The summed E-state index contributed by atoms with van der Waals surface area (Å²) in [5, 5.41) is 6.79. The van der Waals surface area contributed by atoms with Crippen molar-refractivity contribution < 1.29 is 0 Å². The Morgan fingerprint density at radius 1 is 1.42 bits per heavy atom. The van der Waals surface area contributed by atoms with E-state index in [4.69, 9.17) is 0 Å². The molecule has 1 rings (SSSR count). The summed E-state index contributed by atoms with van der Waals surface area (Å²) in [6.07, 6.45) is 6.44. The van der Waals surface area contributed by atoms with Crippen molar-refractivity contribution in [3.05, 3.63) is 0 Å². The van der Waals surface area contributed by atoms with Crippen molar-refractivity contribution in [1.82, 2.24) is 15.5 Å². The quantitative estimate of drug-likeness (QED) is 0.441. The Morgan fingerprint density at radius 3 is 2.84 bits per heavy atom. The molecule has 0 aromatic rings. The Labute approximate surface area is 119 Å². The molecule has 2 atom stereocenters. The maximum absolute atomic E-state index is 4.26. The normalized spacial score (nSPS) is 23.2. The van der Waals surface area contributed by atoms with E-state index < -0.39 is 0 Å². The Bertz CT molecular complexity index is 265.